The molecule has 1 aliphatic rings. The zero-order valence-electron chi connectivity index (χ0n) is 9.98. The van der Waals surface area contributed by atoms with Gasteiger partial charge in [-0.3, -0.25) is 0 Å². The number of hydrogen-bond donors (Lipinski definition) is 0. The van der Waals surface area contributed by atoms with E-state index >= 15 is 0 Å². The van der Waals surface area contributed by atoms with Crippen LogP contribution >= 0.6 is 11.6 Å². The van der Waals surface area contributed by atoms with E-state index < -0.39 is 0 Å². The Balaban J connectivity index is 2.50. The van der Waals surface area contributed by atoms with Gasteiger partial charge in [0, 0.05) is 5.38 Å². The van der Waals surface area contributed by atoms with Crippen molar-refractivity contribution in [3.05, 3.63) is 0 Å². The van der Waals surface area contributed by atoms with Crippen molar-refractivity contribution in [3.63, 3.8) is 0 Å². The summed E-state index contributed by atoms with van der Waals surface area (Å²) in [5, 5.41) is 0.327. The molecule has 84 valence electrons. The minimum absolute atomic E-state index is 0.327. The summed E-state index contributed by atoms with van der Waals surface area (Å²) in [6.07, 6.45) is 9.79. The molecular formula is C13H25Cl. The van der Waals surface area contributed by atoms with Crippen LogP contribution in [0.5, 0.6) is 0 Å². The fourth-order valence-corrected chi connectivity index (χ4v) is 3.35. The van der Waals surface area contributed by atoms with Gasteiger partial charge in [-0.1, -0.05) is 39.5 Å². The van der Waals surface area contributed by atoms with E-state index in [-0.39, 0.29) is 0 Å². The second kappa shape index (κ2) is 5.39. The Morgan fingerprint density at radius 2 is 1.64 bits per heavy atom. The Bertz CT molecular complexity index is 153. The maximum Gasteiger partial charge on any atom is 0.0313 e. The smallest absolute Gasteiger partial charge is 0.0313 e. The average Bonchev–Trinajstić information content (AvgIpc) is 2.28. The summed E-state index contributed by atoms with van der Waals surface area (Å²) in [4.78, 5) is 0. The van der Waals surface area contributed by atoms with Crippen molar-refractivity contribution >= 4 is 11.6 Å². The van der Waals surface area contributed by atoms with E-state index in [4.69, 9.17) is 11.6 Å². The Kier molecular flexibility index (Phi) is 4.76. The van der Waals surface area contributed by atoms with Crippen LogP contribution in [0.25, 0.3) is 0 Å². The molecule has 1 rings (SSSR count). The van der Waals surface area contributed by atoms with E-state index in [9.17, 15) is 0 Å². The van der Waals surface area contributed by atoms with E-state index in [1.807, 2.05) is 0 Å². The Morgan fingerprint density at radius 3 is 2.07 bits per heavy atom. The fourth-order valence-electron chi connectivity index (χ4n) is 2.95. The summed E-state index contributed by atoms with van der Waals surface area (Å²) in [5.74, 6) is 0.909. The van der Waals surface area contributed by atoms with E-state index in [2.05, 4.69) is 20.8 Å². The number of halogens is 1. The molecule has 0 nitrogen and oxygen atoms in total. The standard InChI is InChI=1S/C13H25Cl/c1-11(14)10-13(2,3)12-8-6-4-5-7-9-12/h11-12H,4-10H2,1-3H3. The van der Waals surface area contributed by atoms with Crippen molar-refractivity contribution in [1.29, 1.82) is 0 Å². The highest BCUT2D eigenvalue weighted by molar-refractivity contribution is 6.20. The number of hydrogen-bond acceptors (Lipinski definition) is 0. The monoisotopic (exact) mass is 216 g/mol. The summed E-state index contributed by atoms with van der Waals surface area (Å²) < 4.78 is 0. The molecule has 0 radical (unpaired) electrons. The molecule has 1 unspecified atom stereocenters. The zero-order valence-corrected chi connectivity index (χ0v) is 10.7. The van der Waals surface area contributed by atoms with Crippen LogP contribution < -0.4 is 0 Å². The van der Waals surface area contributed by atoms with Gasteiger partial charge in [-0.15, -0.1) is 11.6 Å². The lowest BCUT2D eigenvalue weighted by atomic mass is 9.72. The summed E-state index contributed by atoms with van der Waals surface area (Å²) in [7, 11) is 0. The van der Waals surface area contributed by atoms with Crippen molar-refractivity contribution in [1.82, 2.24) is 0 Å². The first-order valence-electron chi connectivity index (χ1n) is 6.16. The highest BCUT2D eigenvalue weighted by Gasteiger charge is 2.30. The third kappa shape index (κ3) is 3.81. The molecule has 0 spiro atoms. The van der Waals surface area contributed by atoms with Crippen molar-refractivity contribution in [2.45, 2.75) is 71.1 Å². The van der Waals surface area contributed by atoms with Gasteiger partial charge in [0.1, 0.15) is 0 Å². The van der Waals surface area contributed by atoms with Crippen molar-refractivity contribution in [2.75, 3.05) is 0 Å². The predicted molar refractivity (Wildman–Crippen MR) is 64.9 cm³/mol. The molecule has 0 bridgehead atoms. The normalized spacial score (nSPS) is 23.1. The largest absolute Gasteiger partial charge is 0.123 e. The molecule has 1 heteroatoms. The first kappa shape index (κ1) is 12.4. The molecule has 1 aliphatic carbocycles. The maximum absolute atomic E-state index is 6.12. The maximum atomic E-state index is 6.12. The Hall–Kier alpha value is 0.290. The van der Waals surface area contributed by atoms with Crippen LogP contribution in [0, 0.1) is 11.3 Å². The summed E-state index contributed by atoms with van der Waals surface area (Å²) >= 11 is 6.12. The van der Waals surface area contributed by atoms with E-state index in [1.54, 1.807) is 0 Å². The molecule has 1 atom stereocenters. The Labute approximate surface area is 94.4 Å². The van der Waals surface area contributed by atoms with Gasteiger partial charge in [-0.05, 0) is 37.5 Å². The predicted octanol–water partition coefficient (Wildman–Crippen LogP) is 5.00. The van der Waals surface area contributed by atoms with E-state index in [0.717, 1.165) is 5.92 Å². The van der Waals surface area contributed by atoms with Crippen molar-refractivity contribution in [2.24, 2.45) is 11.3 Å². The van der Waals surface area contributed by atoms with Gasteiger partial charge in [0.2, 0.25) is 0 Å². The summed E-state index contributed by atoms with van der Waals surface area (Å²) in [6.45, 7) is 6.93. The van der Waals surface area contributed by atoms with Gasteiger partial charge >= 0.3 is 0 Å². The second-order valence-electron chi connectivity index (χ2n) is 5.66. The molecule has 14 heavy (non-hydrogen) atoms. The molecular weight excluding hydrogens is 192 g/mol. The number of alkyl halides is 1. The first-order chi connectivity index (χ1) is 6.52. The van der Waals surface area contributed by atoms with Crippen LogP contribution in [0.15, 0.2) is 0 Å². The lowest BCUT2D eigenvalue weighted by Gasteiger charge is -2.35. The van der Waals surface area contributed by atoms with Crippen LogP contribution in [-0.4, -0.2) is 5.38 Å². The van der Waals surface area contributed by atoms with Crippen LogP contribution in [-0.2, 0) is 0 Å². The molecule has 0 aromatic rings. The lowest BCUT2D eigenvalue weighted by Crippen LogP contribution is -2.26. The van der Waals surface area contributed by atoms with Crippen LogP contribution in [0.2, 0.25) is 0 Å². The molecule has 0 N–H and O–H groups in total. The second-order valence-corrected chi connectivity index (χ2v) is 6.41. The number of rotatable bonds is 3. The van der Waals surface area contributed by atoms with Gasteiger partial charge in [0.15, 0.2) is 0 Å². The molecule has 0 aliphatic heterocycles. The minimum Gasteiger partial charge on any atom is -0.123 e. The minimum atomic E-state index is 0.327. The van der Waals surface area contributed by atoms with Crippen LogP contribution in [0.4, 0.5) is 0 Å². The SMILES string of the molecule is CC(Cl)CC(C)(C)C1CCCCCC1. The highest BCUT2D eigenvalue weighted by atomic mass is 35.5. The Morgan fingerprint density at radius 1 is 1.14 bits per heavy atom. The van der Waals surface area contributed by atoms with Gasteiger partial charge in [-0.2, -0.15) is 0 Å². The van der Waals surface area contributed by atoms with Crippen LogP contribution in [0.1, 0.15) is 65.7 Å². The van der Waals surface area contributed by atoms with Crippen molar-refractivity contribution < 1.29 is 0 Å². The fraction of sp³-hybridized carbons (Fsp3) is 1.00. The van der Waals surface area contributed by atoms with Crippen molar-refractivity contribution in [3.8, 4) is 0 Å². The molecule has 0 saturated heterocycles. The molecule has 0 aromatic heterocycles. The molecule has 1 saturated carbocycles. The third-order valence-corrected chi connectivity index (χ3v) is 3.92. The topological polar surface area (TPSA) is 0 Å². The van der Waals surface area contributed by atoms with Crippen LogP contribution in [0.3, 0.4) is 0 Å². The summed E-state index contributed by atoms with van der Waals surface area (Å²) in [6, 6.07) is 0. The molecule has 0 amide bonds. The molecule has 0 aromatic carbocycles. The third-order valence-electron chi connectivity index (χ3n) is 3.77. The average molecular weight is 217 g/mol. The van der Waals surface area contributed by atoms with Gasteiger partial charge in [0.05, 0.1) is 0 Å². The van der Waals surface area contributed by atoms with Gasteiger partial charge in [-0.25, -0.2) is 0 Å². The first-order valence-corrected chi connectivity index (χ1v) is 6.60. The highest BCUT2D eigenvalue weighted by Crippen LogP contribution is 2.41. The lowest BCUT2D eigenvalue weighted by molar-refractivity contribution is 0.174. The summed E-state index contributed by atoms with van der Waals surface area (Å²) in [5.41, 5.74) is 0.450. The van der Waals surface area contributed by atoms with E-state index in [1.165, 1.54) is 44.9 Å². The molecule has 1 fully saturated rings. The zero-order chi connectivity index (χ0) is 10.6. The quantitative estimate of drug-likeness (QED) is 0.460. The van der Waals surface area contributed by atoms with Gasteiger partial charge in [0.25, 0.3) is 0 Å². The van der Waals surface area contributed by atoms with E-state index in [0.29, 0.717) is 10.8 Å². The molecule has 0 heterocycles. The van der Waals surface area contributed by atoms with Gasteiger partial charge < -0.3 is 0 Å².